The lowest BCUT2D eigenvalue weighted by molar-refractivity contribution is -0.138. The molecule has 2 heteroatoms. The minimum Gasteiger partial charge on any atom is -0.481 e. The molecule has 0 aliphatic carbocycles. The van der Waals surface area contributed by atoms with Gasteiger partial charge in [-0.25, -0.2) is 0 Å². The van der Waals surface area contributed by atoms with Crippen LogP contribution in [0.5, 0.6) is 0 Å². The van der Waals surface area contributed by atoms with E-state index in [0.29, 0.717) is 0 Å². The van der Waals surface area contributed by atoms with Crippen LogP contribution in [0.2, 0.25) is 0 Å². The molecule has 1 aromatic carbocycles. The summed E-state index contributed by atoms with van der Waals surface area (Å²) in [7, 11) is 0. The van der Waals surface area contributed by atoms with Gasteiger partial charge in [0.15, 0.2) is 0 Å². The molecule has 0 saturated carbocycles. The van der Waals surface area contributed by atoms with E-state index in [4.69, 9.17) is 5.11 Å². The SMILES string of the molecule is CCC(CC(=O)O)Cc1cccc(C)c1. The summed E-state index contributed by atoms with van der Waals surface area (Å²) >= 11 is 0. The van der Waals surface area contributed by atoms with Crippen LogP contribution in [-0.2, 0) is 11.2 Å². The van der Waals surface area contributed by atoms with E-state index in [0.717, 1.165) is 12.8 Å². The fourth-order valence-electron chi connectivity index (χ4n) is 1.78. The Morgan fingerprint density at radius 3 is 2.73 bits per heavy atom. The van der Waals surface area contributed by atoms with Crippen LogP contribution in [-0.4, -0.2) is 11.1 Å². The molecule has 0 heterocycles. The minimum absolute atomic E-state index is 0.254. The lowest BCUT2D eigenvalue weighted by Crippen LogP contribution is -2.09. The summed E-state index contributed by atoms with van der Waals surface area (Å²) in [6.45, 7) is 4.10. The molecule has 1 N–H and O–H groups in total. The van der Waals surface area contributed by atoms with Crippen molar-refractivity contribution in [1.29, 1.82) is 0 Å². The molecular formula is C13H18O2. The van der Waals surface area contributed by atoms with Gasteiger partial charge >= 0.3 is 5.97 Å². The van der Waals surface area contributed by atoms with Crippen molar-refractivity contribution in [3.63, 3.8) is 0 Å². The van der Waals surface area contributed by atoms with E-state index in [9.17, 15) is 4.79 Å². The van der Waals surface area contributed by atoms with Crippen molar-refractivity contribution in [2.24, 2.45) is 5.92 Å². The molecule has 0 spiro atoms. The first kappa shape index (κ1) is 11.8. The summed E-state index contributed by atoms with van der Waals surface area (Å²) < 4.78 is 0. The average Bonchev–Trinajstić information content (AvgIpc) is 2.16. The Labute approximate surface area is 90.9 Å². The van der Waals surface area contributed by atoms with Crippen molar-refractivity contribution in [1.82, 2.24) is 0 Å². The molecule has 0 fully saturated rings. The number of rotatable bonds is 5. The van der Waals surface area contributed by atoms with Gasteiger partial charge in [-0.3, -0.25) is 4.79 Å². The van der Waals surface area contributed by atoms with Crippen LogP contribution in [0.1, 0.15) is 30.9 Å². The summed E-state index contributed by atoms with van der Waals surface area (Å²) in [5, 5.41) is 8.75. The largest absolute Gasteiger partial charge is 0.481 e. The summed E-state index contributed by atoms with van der Waals surface area (Å²) in [5.41, 5.74) is 2.47. The smallest absolute Gasteiger partial charge is 0.303 e. The third kappa shape index (κ3) is 4.15. The Hall–Kier alpha value is -1.31. The number of aliphatic carboxylic acids is 1. The average molecular weight is 206 g/mol. The number of hydrogen-bond acceptors (Lipinski definition) is 1. The third-order valence-electron chi connectivity index (χ3n) is 2.65. The molecule has 82 valence electrons. The summed E-state index contributed by atoms with van der Waals surface area (Å²) in [6.07, 6.45) is 2.05. The quantitative estimate of drug-likeness (QED) is 0.804. The molecule has 2 nitrogen and oxygen atoms in total. The first-order chi connectivity index (χ1) is 7.11. The van der Waals surface area contributed by atoms with Crippen LogP contribution in [0.25, 0.3) is 0 Å². The van der Waals surface area contributed by atoms with Gasteiger partial charge in [-0.15, -0.1) is 0 Å². The minimum atomic E-state index is -0.700. The molecule has 15 heavy (non-hydrogen) atoms. The highest BCUT2D eigenvalue weighted by molar-refractivity contribution is 5.67. The number of benzene rings is 1. The number of aryl methyl sites for hydroxylation is 1. The standard InChI is InChI=1S/C13H18O2/c1-3-11(9-13(14)15)8-12-6-4-5-10(2)7-12/h4-7,11H,3,8-9H2,1-2H3,(H,14,15). The monoisotopic (exact) mass is 206 g/mol. The molecule has 1 rings (SSSR count). The van der Waals surface area contributed by atoms with Gasteiger partial charge in [-0.2, -0.15) is 0 Å². The number of carboxylic acid groups (broad SMARTS) is 1. The Bertz CT molecular complexity index is 331. The topological polar surface area (TPSA) is 37.3 Å². The van der Waals surface area contributed by atoms with Crippen LogP contribution in [0.3, 0.4) is 0 Å². The third-order valence-corrected chi connectivity index (χ3v) is 2.65. The van der Waals surface area contributed by atoms with Crippen molar-refractivity contribution in [2.45, 2.75) is 33.1 Å². The van der Waals surface area contributed by atoms with Gasteiger partial charge < -0.3 is 5.11 Å². The lowest BCUT2D eigenvalue weighted by atomic mass is 9.93. The van der Waals surface area contributed by atoms with Crippen LogP contribution in [0.4, 0.5) is 0 Å². The first-order valence-electron chi connectivity index (χ1n) is 5.39. The fraction of sp³-hybridized carbons (Fsp3) is 0.462. The second-order valence-corrected chi connectivity index (χ2v) is 4.07. The molecule has 1 atom stereocenters. The predicted octanol–water partition coefficient (Wildman–Crippen LogP) is 3.04. The Morgan fingerprint density at radius 1 is 1.47 bits per heavy atom. The van der Waals surface area contributed by atoms with E-state index >= 15 is 0 Å². The Morgan fingerprint density at radius 2 is 2.20 bits per heavy atom. The molecule has 0 radical (unpaired) electrons. The second-order valence-electron chi connectivity index (χ2n) is 4.07. The second kappa shape index (κ2) is 5.54. The van der Waals surface area contributed by atoms with Crippen LogP contribution in [0, 0.1) is 12.8 Å². The van der Waals surface area contributed by atoms with E-state index in [2.05, 4.69) is 25.1 Å². The normalized spacial score (nSPS) is 12.4. The van der Waals surface area contributed by atoms with Crippen molar-refractivity contribution >= 4 is 5.97 Å². The van der Waals surface area contributed by atoms with Gasteiger partial charge in [0.1, 0.15) is 0 Å². The van der Waals surface area contributed by atoms with E-state index in [1.165, 1.54) is 11.1 Å². The van der Waals surface area contributed by atoms with Gasteiger partial charge in [-0.05, 0) is 24.8 Å². The van der Waals surface area contributed by atoms with Gasteiger partial charge in [0.25, 0.3) is 0 Å². The highest BCUT2D eigenvalue weighted by Gasteiger charge is 2.11. The van der Waals surface area contributed by atoms with E-state index in [1.807, 2.05) is 13.0 Å². The molecular weight excluding hydrogens is 188 g/mol. The van der Waals surface area contributed by atoms with Crippen molar-refractivity contribution in [3.8, 4) is 0 Å². The Balaban J connectivity index is 2.62. The summed E-state index contributed by atoms with van der Waals surface area (Å²) in [4.78, 5) is 10.6. The lowest BCUT2D eigenvalue weighted by Gasteiger charge is -2.12. The van der Waals surface area contributed by atoms with Crippen LogP contribution >= 0.6 is 0 Å². The van der Waals surface area contributed by atoms with Crippen molar-refractivity contribution in [2.75, 3.05) is 0 Å². The maximum atomic E-state index is 10.6. The zero-order valence-corrected chi connectivity index (χ0v) is 9.36. The summed E-state index contributed by atoms with van der Waals surface area (Å²) in [6, 6.07) is 8.28. The first-order valence-corrected chi connectivity index (χ1v) is 5.39. The maximum absolute atomic E-state index is 10.6. The molecule has 0 saturated heterocycles. The van der Waals surface area contributed by atoms with Crippen molar-refractivity contribution < 1.29 is 9.90 Å². The predicted molar refractivity (Wildman–Crippen MR) is 60.9 cm³/mol. The zero-order valence-electron chi connectivity index (χ0n) is 9.36. The maximum Gasteiger partial charge on any atom is 0.303 e. The van der Waals surface area contributed by atoms with Crippen LogP contribution in [0.15, 0.2) is 24.3 Å². The van der Waals surface area contributed by atoms with Gasteiger partial charge in [0.05, 0.1) is 0 Å². The van der Waals surface area contributed by atoms with E-state index in [1.54, 1.807) is 0 Å². The highest BCUT2D eigenvalue weighted by Crippen LogP contribution is 2.16. The number of carbonyl (C=O) groups is 1. The van der Waals surface area contributed by atoms with Gasteiger partial charge in [-0.1, -0.05) is 43.2 Å². The molecule has 0 amide bonds. The van der Waals surface area contributed by atoms with Gasteiger partial charge in [0, 0.05) is 6.42 Å². The fourth-order valence-corrected chi connectivity index (χ4v) is 1.78. The molecule has 0 aliphatic rings. The molecule has 0 bridgehead atoms. The molecule has 0 aliphatic heterocycles. The van der Waals surface area contributed by atoms with Gasteiger partial charge in [0.2, 0.25) is 0 Å². The molecule has 1 unspecified atom stereocenters. The van der Waals surface area contributed by atoms with Crippen molar-refractivity contribution in [3.05, 3.63) is 35.4 Å². The highest BCUT2D eigenvalue weighted by atomic mass is 16.4. The molecule has 1 aromatic rings. The number of carboxylic acids is 1. The Kier molecular flexibility index (Phi) is 4.35. The number of hydrogen-bond donors (Lipinski definition) is 1. The molecule has 0 aromatic heterocycles. The zero-order chi connectivity index (χ0) is 11.3. The van der Waals surface area contributed by atoms with E-state index < -0.39 is 5.97 Å². The van der Waals surface area contributed by atoms with E-state index in [-0.39, 0.29) is 12.3 Å². The summed E-state index contributed by atoms with van der Waals surface area (Å²) in [5.74, 6) is -0.446. The van der Waals surface area contributed by atoms with Crippen LogP contribution < -0.4 is 0 Å².